The van der Waals surface area contributed by atoms with E-state index in [1.54, 1.807) is 157 Å². The second kappa shape index (κ2) is 149. The largest absolute Gasteiger partial charge is 0.473 e. The van der Waals surface area contributed by atoms with Gasteiger partial charge in [-0.05, 0) is 171 Å². The number of hydrogen-bond donors (Lipinski definition) is 1. The van der Waals surface area contributed by atoms with Crippen molar-refractivity contribution in [2.24, 2.45) is 92.8 Å². The molecule has 11 aromatic heterocycles. The van der Waals surface area contributed by atoms with Gasteiger partial charge in [-0.2, -0.15) is 32.9 Å². The quantitative estimate of drug-likeness (QED) is 0.151. The van der Waals surface area contributed by atoms with Crippen molar-refractivity contribution in [3.05, 3.63) is 321 Å². The third-order valence-corrected chi connectivity index (χ3v) is 8.42. The van der Waals surface area contributed by atoms with E-state index < -0.39 is 0 Å². The molecule has 2 aliphatic rings. The van der Waals surface area contributed by atoms with E-state index in [2.05, 4.69) is 364 Å². The van der Waals surface area contributed by atoms with Crippen LogP contribution in [-0.2, 0) is 0 Å². The van der Waals surface area contributed by atoms with Crippen molar-refractivity contribution in [1.82, 2.24) is 50.1 Å². The Morgan fingerprint density at radius 2 is 0.473 bits per heavy atom. The second-order valence-corrected chi connectivity index (χ2v) is 38.8. The number of aliphatic imine (C=N–C) groups is 2. The minimum Gasteiger partial charge on any atom is -0.473 e. The van der Waals surface area contributed by atoms with Gasteiger partial charge in [-0.15, -0.1) is 11.3 Å². The van der Waals surface area contributed by atoms with Crippen LogP contribution in [0.1, 0.15) is 304 Å². The highest BCUT2D eigenvalue weighted by Crippen LogP contribution is 1.95. The van der Waals surface area contributed by atoms with Gasteiger partial charge in [0.1, 0.15) is 12.6 Å². The van der Waals surface area contributed by atoms with Crippen molar-refractivity contribution in [2.45, 2.75) is 304 Å². The number of hydrogen-bond acceptors (Lipinski definition) is 17. The summed E-state index contributed by atoms with van der Waals surface area (Å²) in [6.45, 7) is 91.0. The molecule has 0 radical (unpaired) electrons. The van der Waals surface area contributed by atoms with Crippen LogP contribution in [0.25, 0.3) is 0 Å². The molecule has 15 nitrogen and oxygen atoms in total. The maximum atomic E-state index is 4.58. The van der Waals surface area contributed by atoms with E-state index >= 15 is 0 Å². The van der Waals surface area contributed by atoms with Crippen LogP contribution in [0, 0.1) is 82.9 Å². The molecule has 2 aliphatic heterocycles. The Bertz CT molecular complexity index is 2510. The predicted molar refractivity (Wildman–Crippen MR) is 594 cm³/mol. The van der Waals surface area contributed by atoms with E-state index in [1.807, 2.05) is 191 Å². The number of H-pyrrole nitrogens is 1. The summed E-state index contributed by atoms with van der Waals surface area (Å²) in [7, 11) is 0. The molecule has 0 fully saturated rings. The molecule has 12 aromatic rings. The third kappa shape index (κ3) is 394. The van der Waals surface area contributed by atoms with Crippen molar-refractivity contribution < 1.29 is 13.3 Å². The van der Waals surface area contributed by atoms with Crippen molar-refractivity contribution in [3.63, 3.8) is 0 Å². The van der Waals surface area contributed by atoms with Gasteiger partial charge in [0, 0.05) is 124 Å². The van der Waals surface area contributed by atoms with Crippen LogP contribution in [0.15, 0.2) is 344 Å². The number of thiophene rings is 2. The Labute approximate surface area is 821 Å². The number of rotatable bonds is 0. The maximum absolute atomic E-state index is 4.58. The molecule has 13 heterocycles. The monoisotopic (exact) mass is 1870 g/mol. The van der Waals surface area contributed by atoms with Crippen LogP contribution < -0.4 is 0 Å². The van der Waals surface area contributed by atoms with Crippen molar-refractivity contribution in [2.75, 3.05) is 0 Å². The van der Waals surface area contributed by atoms with E-state index in [1.165, 1.54) is 19.0 Å². The second-order valence-electron chi connectivity index (χ2n) is 36.5. The molecule has 0 spiro atoms. The van der Waals surface area contributed by atoms with Crippen LogP contribution in [0.3, 0.4) is 0 Å². The molecule has 1 aromatic carbocycles. The number of pyridine rings is 1. The third-order valence-electron chi connectivity index (χ3n) is 6.64. The zero-order chi connectivity index (χ0) is 103. The molecular weight excluding hydrogens is 1670 g/mol. The summed E-state index contributed by atoms with van der Waals surface area (Å²) in [5.74, 6) is 11.7. The van der Waals surface area contributed by atoms with E-state index in [0.717, 1.165) is 95.7 Å². The van der Waals surface area contributed by atoms with Gasteiger partial charge in [0.25, 0.3) is 0 Å². The van der Waals surface area contributed by atoms with E-state index in [9.17, 15) is 0 Å². The Balaban J connectivity index is -0.0000000905. The number of nitrogens with zero attached hydrogens (tertiary/aromatic N) is 11. The first-order valence-electron chi connectivity index (χ1n) is 46.7. The Kier molecular flexibility index (Phi) is 174. The van der Waals surface area contributed by atoms with Gasteiger partial charge in [-0.25, -0.2) is 15.0 Å². The number of benzene rings is 1. The molecule has 748 valence electrons. The highest BCUT2D eigenvalue weighted by molar-refractivity contribution is 7.08. The van der Waals surface area contributed by atoms with Gasteiger partial charge in [0.15, 0.2) is 6.39 Å². The zero-order valence-electron chi connectivity index (χ0n) is 91.1. The summed E-state index contributed by atoms with van der Waals surface area (Å²) in [6.07, 6.45) is 48.1. The number of oxazole rings is 1. The number of aromatic nitrogens is 10. The molecule has 14 rings (SSSR count). The SMILES string of the molecule is C1=CN=CC1.C1=CN=CC1.CC(C)C.CC(C)C.CC(C)C.CC(C)C.CC(C)C.CC(C)C.CC(C)C.CC(C)C.CC(C)C.CC(C)C.CC(C)C.CC(C)C.CC(C)C.CC(C)C.c1cc[nH]c1.c1ccccc1.c1ccncc1.c1ccnnc1.c1ccoc1.c1ccoc1.c1ccsc1.c1ccsc1.c1cnccn1.c1cncnc1.c1cocn1.c1cscn1. The Hall–Kier alpha value is -9.49. The Morgan fingerprint density at radius 1 is 0.214 bits per heavy atom. The Morgan fingerprint density at radius 3 is 0.557 bits per heavy atom. The molecule has 0 amide bonds. The molecule has 0 unspecified atom stereocenters. The number of thiazole rings is 1. The minimum absolute atomic E-state index is 0.833. The predicted octanol–water partition coefficient (Wildman–Crippen LogP) is 38.3. The standard InChI is InChI=1S/C6H6.C5H5N.3C4H4N2.3C4H5N.2C4H4O.2C4H4S.14C4H10.C3H3NO.C3H3NS/c2*1-2-4-6-5-3-1;1-2-6-4-3-5-1;1-2-5-4-6-3-1;1-2-4-6-5-3-1;7*1-2-4-5-3-1;14*1-4(2)3;2*1-2-5-3-4-1/h1-6H;1-5H;3*1-4H;2*1,3-4H,2H2;1-5H;4*1-4H;14*4H,1-3H3;2*1-3H. The molecule has 0 aliphatic carbocycles. The fraction of sp³-hybridized carbons (Fsp3) is 0.513. The van der Waals surface area contributed by atoms with Crippen LogP contribution in [-0.4, -0.2) is 62.5 Å². The lowest BCUT2D eigenvalue weighted by molar-refractivity contribution is 0.558. The lowest BCUT2D eigenvalue weighted by Gasteiger charge is -1.79. The van der Waals surface area contributed by atoms with Gasteiger partial charge in [0.05, 0.1) is 36.8 Å². The molecule has 18 heteroatoms. The first kappa shape index (κ1) is 153. The summed E-state index contributed by atoms with van der Waals surface area (Å²) in [4.78, 5) is 36.3. The van der Waals surface area contributed by atoms with Gasteiger partial charge in [0.2, 0.25) is 0 Å². The lowest BCUT2D eigenvalue weighted by atomic mass is 10.3. The van der Waals surface area contributed by atoms with Crippen molar-refractivity contribution >= 4 is 46.4 Å². The maximum Gasteiger partial charge on any atom is 0.180 e. The van der Waals surface area contributed by atoms with Crippen molar-refractivity contribution in [3.8, 4) is 0 Å². The average molecular weight is 1870 g/mol. The number of nitrogens with one attached hydrogen (secondary N) is 1. The fourth-order valence-electron chi connectivity index (χ4n) is 3.60. The van der Waals surface area contributed by atoms with E-state index in [0.29, 0.717) is 0 Å². The minimum atomic E-state index is 0.833. The van der Waals surface area contributed by atoms with Gasteiger partial charge < -0.3 is 18.2 Å². The van der Waals surface area contributed by atoms with E-state index in [4.69, 9.17) is 0 Å². The van der Waals surface area contributed by atoms with Gasteiger partial charge >= 0.3 is 0 Å². The zero-order valence-corrected chi connectivity index (χ0v) is 93.6. The van der Waals surface area contributed by atoms with Crippen LogP contribution >= 0.6 is 34.0 Å². The highest BCUT2D eigenvalue weighted by Gasteiger charge is 1.78. The average Bonchev–Trinajstić information content (AvgIpc) is 2.01. The number of furan rings is 2. The van der Waals surface area contributed by atoms with Crippen LogP contribution in [0.4, 0.5) is 0 Å². The first-order chi connectivity index (χ1) is 61.7. The topological polar surface area (TPSA) is 196 Å². The van der Waals surface area contributed by atoms with Crippen molar-refractivity contribution in [1.29, 1.82) is 0 Å². The molecule has 1 N–H and O–H groups in total. The number of allylic oxidation sites excluding steroid dienone is 2. The van der Waals surface area contributed by atoms with Gasteiger partial charge in [-0.3, -0.25) is 29.9 Å². The first-order valence-corrected chi connectivity index (χ1v) is 49.5. The summed E-state index contributed by atoms with van der Waals surface area (Å²) in [6, 6.07) is 42.4. The molecule has 0 bridgehead atoms. The van der Waals surface area contributed by atoms with Gasteiger partial charge in [-0.1, -0.05) is 370 Å². The fourth-order valence-corrected chi connectivity index (χ4v) is 4.86. The molecular formula is C113H200N12O3S3. The highest BCUT2D eigenvalue weighted by atomic mass is 32.1. The van der Waals surface area contributed by atoms with Crippen LogP contribution in [0.2, 0.25) is 0 Å². The summed E-state index contributed by atoms with van der Waals surface area (Å²) >= 11 is 5.03. The molecule has 131 heavy (non-hydrogen) atoms. The molecule has 0 saturated carbocycles. The smallest absolute Gasteiger partial charge is 0.180 e. The molecule has 0 saturated heterocycles. The summed E-state index contributed by atoms with van der Waals surface area (Å²) in [5, 5.41) is 17.2. The number of aromatic amines is 1. The normalized spacial score (nSPS) is 9.16. The van der Waals surface area contributed by atoms with Crippen LogP contribution in [0.5, 0.6) is 0 Å². The van der Waals surface area contributed by atoms with E-state index in [-0.39, 0.29) is 0 Å². The summed E-state index contributed by atoms with van der Waals surface area (Å²) in [5.41, 5.74) is 1.79. The summed E-state index contributed by atoms with van der Waals surface area (Å²) < 4.78 is 13.6. The molecule has 0 atom stereocenters. The lowest BCUT2D eigenvalue weighted by Crippen LogP contribution is -1.69.